The van der Waals surface area contributed by atoms with Gasteiger partial charge in [-0.2, -0.15) is 0 Å². The van der Waals surface area contributed by atoms with Crippen LogP contribution in [0.1, 0.15) is 5.69 Å². The third-order valence-corrected chi connectivity index (χ3v) is 1.43. The third-order valence-electron chi connectivity index (χ3n) is 1.43. The van der Waals surface area contributed by atoms with Crippen LogP contribution in [-0.4, -0.2) is 25.0 Å². The standard InChI is InChI=1S/C7H6N4O/c12-3-5-1-9-7-6(11-5)2-8-4-10-7/h1-2,4,12H,3H2. The molecule has 2 aromatic rings. The molecule has 0 amide bonds. The first-order chi connectivity index (χ1) is 5.90. The zero-order valence-corrected chi connectivity index (χ0v) is 6.18. The summed E-state index contributed by atoms with van der Waals surface area (Å²) in [6.07, 6.45) is 4.47. The van der Waals surface area contributed by atoms with E-state index < -0.39 is 0 Å². The van der Waals surface area contributed by atoms with Crippen molar-refractivity contribution in [2.75, 3.05) is 0 Å². The Labute approximate surface area is 68.2 Å². The molecule has 0 aliphatic carbocycles. The molecule has 1 N–H and O–H groups in total. The normalized spacial score (nSPS) is 10.4. The highest BCUT2D eigenvalue weighted by atomic mass is 16.3. The van der Waals surface area contributed by atoms with Crippen LogP contribution in [0, 0.1) is 0 Å². The Morgan fingerprint density at radius 1 is 1.25 bits per heavy atom. The summed E-state index contributed by atoms with van der Waals surface area (Å²) in [4.78, 5) is 15.7. The maximum Gasteiger partial charge on any atom is 0.181 e. The monoisotopic (exact) mass is 162 g/mol. The maximum absolute atomic E-state index is 8.75. The van der Waals surface area contributed by atoms with E-state index in [0.717, 1.165) is 0 Å². The van der Waals surface area contributed by atoms with Gasteiger partial charge in [0, 0.05) is 0 Å². The molecule has 0 fully saturated rings. The lowest BCUT2D eigenvalue weighted by Crippen LogP contribution is -1.94. The van der Waals surface area contributed by atoms with Gasteiger partial charge >= 0.3 is 0 Å². The van der Waals surface area contributed by atoms with Crippen molar-refractivity contribution in [3.63, 3.8) is 0 Å². The lowest BCUT2D eigenvalue weighted by atomic mass is 10.4. The molecule has 12 heavy (non-hydrogen) atoms. The summed E-state index contributed by atoms with van der Waals surface area (Å²) in [6, 6.07) is 0. The highest BCUT2D eigenvalue weighted by molar-refractivity contribution is 5.67. The molecule has 0 saturated heterocycles. The summed E-state index contributed by atoms with van der Waals surface area (Å²) < 4.78 is 0. The van der Waals surface area contributed by atoms with E-state index in [2.05, 4.69) is 19.9 Å². The maximum atomic E-state index is 8.75. The van der Waals surface area contributed by atoms with E-state index in [1.165, 1.54) is 12.5 Å². The van der Waals surface area contributed by atoms with Crippen LogP contribution < -0.4 is 0 Å². The third kappa shape index (κ3) is 1.10. The molecule has 0 saturated carbocycles. The van der Waals surface area contributed by atoms with Gasteiger partial charge in [-0.1, -0.05) is 0 Å². The number of aliphatic hydroxyl groups excluding tert-OH is 1. The molecule has 0 aliphatic rings. The van der Waals surface area contributed by atoms with Gasteiger partial charge in [0.15, 0.2) is 5.65 Å². The molecule has 60 valence electrons. The van der Waals surface area contributed by atoms with Crippen molar-refractivity contribution in [1.29, 1.82) is 0 Å². The van der Waals surface area contributed by atoms with Crippen LogP contribution in [0.15, 0.2) is 18.7 Å². The molecule has 0 aliphatic heterocycles. The Bertz CT molecular complexity index is 403. The fourth-order valence-electron chi connectivity index (χ4n) is 0.890. The number of aromatic nitrogens is 4. The smallest absolute Gasteiger partial charge is 0.181 e. The quantitative estimate of drug-likeness (QED) is 0.634. The number of aliphatic hydroxyl groups is 1. The summed E-state index contributed by atoms with van der Waals surface area (Å²) >= 11 is 0. The van der Waals surface area contributed by atoms with Gasteiger partial charge in [0.25, 0.3) is 0 Å². The van der Waals surface area contributed by atoms with Crippen molar-refractivity contribution < 1.29 is 5.11 Å². The Kier molecular flexibility index (Phi) is 1.64. The van der Waals surface area contributed by atoms with Crippen LogP contribution in [0.4, 0.5) is 0 Å². The lowest BCUT2D eigenvalue weighted by molar-refractivity contribution is 0.277. The SMILES string of the molecule is OCc1cnc2ncncc2n1. The Morgan fingerprint density at radius 2 is 2.17 bits per heavy atom. The van der Waals surface area contributed by atoms with E-state index >= 15 is 0 Å². The van der Waals surface area contributed by atoms with Crippen LogP contribution in [0.3, 0.4) is 0 Å². The van der Waals surface area contributed by atoms with Crippen LogP contribution in [0.2, 0.25) is 0 Å². The molecule has 5 heteroatoms. The van der Waals surface area contributed by atoms with Gasteiger partial charge in [0.05, 0.1) is 24.7 Å². The molecule has 2 rings (SSSR count). The van der Waals surface area contributed by atoms with Crippen molar-refractivity contribution >= 4 is 11.2 Å². The first-order valence-corrected chi connectivity index (χ1v) is 3.42. The number of hydrogen-bond acceptors (Lipinski definition) is 5. The van der Waals surface area contributed by atoms with Crippen molar-refractivity contribution in [2.24, 2.45) is 0 Å². The molecular formula is C7H6N4O. The molecule has 0 aromatic carbocycles. The molecule has 0 bridgehead atoms. The van der Waals surface area contributed by atoms with Crippen LogP contribution >= 0.6 is 0 Å². The average molecular weight is 162 g/mol. The highest BCUT2D eigenvalue weighted by Crippen LogP contribution is 2.03. The van der Waals surface area contributed by atoms with Gasteiger partial charge in [-0.15, -0.1) is 0 Å². The van der Waals surface area contributed by atoms with Gasteiger partial charge in [0.2, 0.25) is 0 Å². The van der Waals surface area contributed by atoms with Gasteiger partial charge in [-0.3, -0.25) is 0 Å². The molecule has 0 radical (unpaired) electrons. The summed E-state index contributed by atoms with van der Waals surface area (Å²) in [7, 11) is 0. The van der Waals surface area contributed by atoms with E-state index in [4.69, 9.17) is 5.11 Å². The lowest BCUT2D eigenvalue weighted by Gasteiger charge is -1.95. The molecule has 2 heterocycles. The zero-order valence-electron chi connectivity index (χ0n) is 6.18. The number of fused-ring (bicyclic) bond motifs is 1. The Hall–Kier alpha value is -1.62. The molecule has 0 unspecified atom stereocenters. The fourth-order valence-corrected chi connectivity index (χ4v) is 0.890. The zero-order chi connectivity index (χ0) is 8.39. The molecular weight excluding hydrogens is 156 g/mol. The molecule has 0 atom stereocenters. The number of hydrogen-bond donors (Lipinski definition) is 1. The largest absolute Gasteiger partial charge is 0.390 e. The van der Waals surface area contributed by atoms with Crippen molar-refractivity contribution in [1.82, 2.24) is 19.9 Å². The van der Waals surface area contributed by atoms with Crippen molar-refractivity contribution in [2.45, 2.75) is 6.61 Å². The van der Waals surface area contributed by atoms with Gasteiger partial charge < -0.3 is 5.11 Å². The minimum Gasteiger partial charge on any atom is -0.390 e. The average Bonchev–Trinajstić information content (AvgIpc) is 2.17. The number of rotatable bonds is 1. The fraction of sp³-hybridized carbons (Fsp3) is 0.143. The summed E-state index contributed by atoms with van der Waals surface area (Å²) in [5, 5.41) is 8.75. The summed E-state index contributed by atoms with van der Waals surface area (Å²) in [5.74, 6) is 0. The predicted molar refractivity (Wildman–Crippen MR) is 41.1 cm³/mol. The van der Waals surface area contributed by atoms with Crippen LogP contribution in [0.25, 0.3) is 11.2 Å². The topological polar surface area (TPSA) is 71.8 Å². The van der Waals surface area contributed by atoms with Crippen LogP contribution in [0.5, 0.6) is 0 Å². The minimum absolute atomic E-state index is 0.113. The highest BCUT2D eigenvalue weighted by Gasteiger charge is 1.97. The Morgan fingerprint density at radius 3 is 3.00 bits per heavy atom. The second-order valence-corrected chi connectivity index (χ2v) is 2.25. The number of nitrogens with zero attached hydrogens (tertiary/aromatic N) is 4. The molecule has 0 spiro atoms. The van der Waals surface area contributed by atoms with E-state index in [-0.39, 0.29) is 6.61 Å². The molecule has 2 aromatic heterocycles. The first kappa shape index (κ1) is 7.05. The van der Waals surface area contributed by atoms with E-state index in [0.29, 0.717) is 16.9 Å². The van der Waals surface area contributed by atoms with E-state index in [1.54, 1.807) is 6.20 Å². The van der Waals surface area contributed by atoms with Gasteiger partial charge in [0.1, 0.15) is 11.8 Å². The summed E-state index contributed by atoms with van der Waals surface area (Å²) in [5.41, 5.74) is 1.67. The molecule has 5 nitrogen and oxygen atoms in total. The predicted octanol–water partition coefficient (Wildman–Crippen LogP) is -0.0879. The Balaban J connectivity index is 2.67. The van der Waals surface area contributed by atoms with Gasteiger partial charge in [-0.05, 0) is 0 Å². The van der Waals surface area contributed by atoms with Crippen molar-refractivity contribution in [3.8, 4) is 0 Å². The van der Waals surface area contributed by atoms with Crippen LogP contribution in [-0.2, 0) is 6.61 Å². The second-order valence-electron chi connectivity index (χ2n) is 2.25. The van der Waals surface area contributed by atoms with E-state index in [1.807, 2.05) is 0 Å². The van der Waals surface area contributed by atoms with E-state index in [9.17, 15) is 0 Å². The minimum atomic E-state index is -0.113. The second kappa shape index (κ2) is 2.78. The summed E-state index contributed by atoms with van der Waals surface area (Å²) in [6.45, 7) is -0.113. The first-order valence-electron chi connectivity index (χ1n) is 3.42. The van der Waals surface area contributed by atoms with Crippen molar-refractivity contribution in [3.05, 3.63) is 24.4 Å². The van der Waals surface area contributed by atoms with Gasteiger partial charge in [-0.25, -0.2) is 19.9 Å².